The zero-order valence-corrected chi connectivity index (χ0v) is 10.1. The van der Waals surface area contributed by atoms with Crippen molar-refractivity contribution in [3.8, 4) is 0 Å². The summed E-state index contributed by atoms with van der Waals surface area (Å²) in [5, 5.41) is 11.6. The number of esters is 1. The molecule has 1 aliphatic rings. The van der Waals surface area contributed by atoms with Gasteiger partial charge in [-0.1, -0.05) is 18.2 Å². The van der Waals surface area contributed by atoms with Gasteiger partial charge in [0.05, 0.1) is 11.7 Å². The van der Waals surface area contributed by atoms with Crippen LogP contribution >= 0.6 is 0 Å². The largest absolute Gasteiger partial charge is 0.448 e. The summed E-state index contributed by atoms with van der Waals surface area (Å²) < 4.78 is 5.07. The molecule has 1 aromatic rings. The summed E-state index contributed by atoms with van der Waals surface area (Å²) >= 11 is 0. The van der Waals surface area contributed by atoms with Gasteiger partial charge < -0.3 is 15.2 Å². The van der Waals surface area contributed by atoms with Gasteiger partial charge in [0.15, 0.2) is 6.10 Å². The molecule has 0 fully saturated rings. The Balaban J connectivity index is 2.06. The number of ether oxygens (including phenoxy) is 1. The summed E-state index contributed by atoms with van der Waals surface area (Å²) in [7, 11) is 0. The second-order valence-electron chi connectivity index (χ2n) is 4.35. The van der Waals surface area contributed by atoms with Gasteiger partial charge in [-0.25, -0.2) is 4.79 Å². The lowest BCUT2D eigenvalue weighted by atomic mass is 9.98. The molecule has 1 aliphatic heterocycles. The van der Waals surface area contributed by atoms with E-state index in [1.807, 2.05) is 12.1 Å². The SMILES string of the molecule is CC(O)CNC(=O)C1Cc2ccccc2C(=O)O1. The highest BCUT2D eigenvalue weighted by Crippen LogP contribution is 2.20. The van der Waals surface area contributed by atoms with Crippen LogP contribution < -0.4 is 5.32 Å². The highest BCUT2D eigenvalue weighted by Gasteiger charge is 2.30. The predicted octanol–water partition coefficient (Wildman–Crippen LogP) is 0.265. The second-order valence-corrected chi connectivity index (χ2v) is 4.35. The molecule has 0 spiro atoms. The number of aliphatic hydroxyl groups is 1. The maximum absolute atomic E-state index is 11.8. The van der Waals surface area contributed by atoms with Gasteiger partial charge in [-0.3, -0.25) is 4.79 Å². The maximum atomic E-state index is 11.8. The van der Waals surface area contributed by atoms with Gasteiger partial charge in [-0.05, 0) is 18.6 Å². The summed E-state index contributed by atoms with van der Waals surface area (Å²) in [6, 6.07) is 7.07. The first kappa shape index (κ1) is 12.6. The molecule has 0 aliphatic carbocycles. The van der Waals surface area contributed by atoms with Crippen molar-refractivity contribution in [3.63, 3.8) is 0 Å². The van der Waals surface area contributed by atoms with E-state index in [9.17, 15) is 9.59 Å². The molecule has 0 saturated carbocycles. The third-order valence-corrected chi connectivity index (χ3v) is 2.76. The van der Waals surface area contributed by atoms with Crippen molar-refractivity contribution in [2.75, 3.05) is 6.54 Å². The Labute approximate surface area is 105 Å². The average molecular weight is 249 g/mol. The highest BCUT2D eigenvalue weighted by molar-refractivity contribution is 5.95. The first-order chi connectivity index (χ1) is 8.58. The van der Waals surface area contributed by atoms with E-state index < -0.39 is 18.2 Å². The minimum Gasteiger partial charge on any atom is -0.448 e. The zero-order chi connectivity index (χ0) is 13.1. The maximum Gasteiger partial charge on any atom is 0.339 e. The Morgan fingerprint density at radius 1 is 1.56 bits per heavy atom. The first-order valence-electron chi connectivity index (χ1n) is 5.82. The molecule has 0 radical (unpaired) electrons. The van der Waals surface area contributed by atoms with Gasteiger partial charge in [0.2, 0.25) is 0 Å². The number of rotatable bonds is 3. The second kappa shape index (κ2) is 5.18. The van der Waals surface area contributed by atoms with Crippen LogP contribution in [0, 0.1) is 0 Å². The topological polar surface area (TPSA) is 75.6 Å². The molecule has 2 atom stereocenters. The lowest BCUT2D eigenvalue weighted by Gasteiger charge is -2.23. The molecule has 18 heavy (non-hydrogen) atoms. The fourth-order valence-corrected chi connectivity index (χ4v) is 1.84. The molecule has 0 bridgehead atoms. The average Bonchev–Trinajstić information content (AvgIpc) is 2.36. The number of amides is 1. The van der Waals surface area contributed by atoms with Crippen molar-refractivity contribution in [2.24, 2.45) is 0 Å². The Morgan fingerprint density at radius 2 is 2.28 bits per heavy atom. The number of hydrogen-bond donors (Lipinski definition) is 2. The van der Waals surface area contributed by atoms with Crippen LogP contribution in [0.3, 0.4) is 0 Å². The van der Waals surface area contributed by atoms with Crippen molar-refractivity contribution in [2.45, 2.75) is 25.6 Å². The van der Waals surface area contributed by atoms with Crippen LogP contribution in [-0.2, 0) is 16.0 Å². The molecule has 5 heteroatoms. The summed E-state index contributed by atoms with van der Waals surface area (Å²) in [4.78, 5) is 23.4. The molecule has 2 rings (SSSR count). The van der Waals surface area contributed by atoms with E-state index in [0.717, 1.165) is 5.56 Å². The molecule has 2 N–H and O–H groups in total. The number of benzene rings is 1. The van der Waals surface area contributed by atoms with Gasteiger partial charge in [0.25, 0.3) is 5.91 Å². The number of hydrogen-bond acceptors (Lipinski definition) is 4. The monoisotopic (exact) mass is 249 g/mol. The van der Waals surface area contributed by atoms with Gasteiger partial charge in [0.1, 0.15) is 0 Å². The van der Waals surface area contributed by atoms with Gasteiger partial charge in [0, 0.05) is 13.0 Å². The molecule has 0 aromatic heterocycles. The van der Waals surface area contributed by atoms with E-state index >= 15 is 0 Å². The van der Waals surface area contributed by atoms with E-state index in [1.165, 1.54) is 0 Å². The van der Waals surface area contributed by atoms with Crippen molar-refractivity contribution in [3.05, 3.63) is 35.4 Å². The van der Waals surface area contributed by atoms with Gasteiger partial charge in [-0.2, -0.15) is 0 Å². The quantitative estimate of drug-likeness (QED) is 0.754. The summed E-state index contributed by atoms with van der Waals surface area (Å²) in [5.41, 5.74) is 1.32. The highest BCUT2D eigenvalue weighted by atomic mass is 16.5. The molecule has 0 saturated heterocycles. The lowest BCUT2D eigenvalue weighted by Crippen LogP contribution is -2.43. The molecular formula is C13H15NO4. The fourth-order valence-electron chi connectivity index (χ4n) is 1.84. The van der Waals surface area contributed by atoms with Crippen molar-refractivity contribution >= 4 is 11.9 Å². The summed E-state index contributed by atoms with van der Waals surface area (Å²) in [6.45, 7) is 1.72. The van der Waals surface area contributed by atoms with E-state index in [2.05, 4.69) is 5.32 Å². The summed E-state index contributed by atoms with van der Waals surface area (Å²) in [6.07, 6.45) is -1.07. The standard InChI is InChI=1S/C13H15NO4/c1-8(15)7-14-12(16)11-6-9-4-2-3-5-10(9)13(17)18-11/h2-5,8,11,15H,6-7H2,1H3,(H,14,16). The van der Waals surface area contributed by atoms with E-state index in [1.54, 1.807) is 19.1 Å². The number of carbonyl (C=O) groups is 2. The Bertz CT molecular complexity index is 470. The third-order valence-electron chi connectivity index (χ3n) is 2.76. The van der Waals surface area contributed by atoms with E-state index in [0.29, 0.717) is 12.0 Å². The molecule has 1 aromatic carbocycles. The molecule has 1 amide bonds. The van der Waals surface area contributed by atoms with Crippen LogP contribution in [0.2, 0.25) is 0 Å². The molecule has 2 unspecified atom stereocenters. The molecule has 96 valence electrons. The Hall–Kier alpha value is -1.88. The Morgan fingerprint density at radius 3 is 3.00 bits per heavy atom. The number of fused-ring (bicyclic) bond motifs is 1. The van der Waals surface area contributed by atoms with Gasteiger partial charge >= 0.3 is 5.97 Å². The Kier molecular flexibility index (Phi) is 3.62. The molecule has 1 heterocycles. The van der Waals surface area contributed by atoms with Crippen LogP contribution in [0.4, 0.5) is 0 Å². The minimum absolute atomic E-state index is 0.147. The smallest absolute Gasteiger partial charge is 0.339 e. The lowest BCUT2D eigenvalue weighted by molar-refractivity contribution is -0.130. The minimum atomic E-state index is -0.814. The number of carbonyl (C=O) groups excluding carboxylic acids is 2. The van der Waals surface area contributed by atoms with E-state index in [4.69, 9.17) is 9.84 Å². The molecule has 5 nitrogen and oxygen atoms in total. The van der Waals surface area contributed by atoms with Gasteiger partial charge in [-0.15, -0.1) is 0 Å². The zero-order valence-electron chi connectivity index (χ0n) is 10.1. The number of aliphatic hydroxyl groups excluding tert-OH is 1. The van der Waals surface area contributed by atoms with Crippen LogP contribution in [-0.4, -0.2) is 35.7 Å². The predicted molar refractivity (Wildman–Crippen MR) is 64.0 cm³/mol. The normalized spacial score (nSPS) is 19.7. The fraction of sp³-hybridized carbons (Fsp3) is 0.385. The van der Waals surface area contributed by atoms with Crippen LogP contribution in [0.5, 0.6) is 0 Å². The third kappa shape index (κ3) is 2.68. The van der Waals surface area contributed by atoms with Crippen LogP contribution in [0.25, 0.3) is 0 Å². The van der Waals surface area contributed by atoms with Crippen LogP contribution in [0.15, 0.2) is 24.3 Å². The number of nitrogens with one attached hydrogen (secondary N) is 1. The number of cyclic esters (lactones) is 1. The van der Waals surface area contributed by atoms with Crippen molar-refractivity contribution < 1.29 is 19.4 Å². The molecular weight excluding hydrogens is 234 g/mol. The van der Waals surface area contributed by atoms with Crippen molar-refractivity contribution in [1.82, 2.24) is 5.32 Å². The summed E-state index contributed by atoms with van der Waals surface area (Å²) in [5.74, 6) is -0.854. The van der Waals surface area contributed by atoms with Crippen LogP contribution in [0.1, 0.15) is 22.8 Å². The first-order valence-corrected chi connectivity index (χ1v) is 5.82. The van der Waals surface area contributed by atoms with Crippen molar-refractivity contribution in [1.29, 1.82) is 0 Å². The van der Waals surface area contributed by atoms with E-state index in [-0.39, 0.29) is 12.5 Å².